The van der Waals surface area contributed by atoms with Gasteiger partial charge in [-0.05, 0) is 32.1 Å². The number of unbranched alkanes of at least 4 members (excludes halogenated alkanes) is 51. The standard InChI is InChI=1S/C66H129NO5/c1-3-5-7-9-11-13-15-17-19-21-22-23-24-25-26-27-30-34-38-42-46-50-54-58-64(69)63(62-68)67-65(70)59-55-51-47-43-39-35-31-28-29-33-37-41-45-49-53-57-61-72-66(71)60-56-52-48-44-40-36-32-20-18-16-14-12-10-8-6-4-2/h54,58,63-64,68-69H,3-53,55-57,59-62H2,1-2H3,(H,67,70)/b58-54+. The number of amides is 1. The third kappa shape index (κ3) is 57.9. The van der Waals surface area contributed by atoms with Gasteiger partial charge in [-0.3, -0.25) is 9.59 Å². The van der Waals surface area contributed by atoms with E-state index < -0.39 is 12.1 Å². The van der Waals surface area contributed by atoms with Gasteiger partial charge in [0.1, 0.15) is 0 Å². The van der Waals surface area contributed by atoms with E-state index in [2.05, 4.69) is 19.2 Å². The first-order valence-corrected chi connectivity index (χ1v) is 33.0. The summed E-state index contributed by atoms with van der Waals surface area (Å²) in [6, 6.07) is -0.633. The predicted molar refractivity (Wildman–Crippen MR) is 315 cm³/mol. The van der Waals surface area contributed by atoms with Crippen molar-refractivity contribution in [2.45, 2.75) is 386 Å². The molecule has 0 aromatic rings. The van der Waals surface area contributed by atoms with Crippen molar-refractivity contribution in [3.63, 3.8) is 0 Å². The second kappa shape index (κ2) is 62.1. The van der Waals surface area contributed by atoms with Crippen molar-refractivity contribution in [1.29, 1.82) is 0 Å². The van der Waals surface area contributed by atoms with Gasteiger partial charge in [-0.15, -0.1) is 0 Å². The number of aliphatic hydroxyl groups excluding tert-OH is 2. The third-order valence-corrected chi connectivity index (χ3v) is 15.6. The van der Waals surface area contributed by atoms with Crippen LogP contribution in [0, 0.1) is 0 Å². The zero-order valence-electron chi connectivity index (χ0n) is 48.9. The number of nitrogens with one attached hydrogen (secondary N) is 1. The zero-order chi connectivity index (χ0) is 52.2. The van der Waals surface area contributed by atoms with Crippen LogP contribution in [0.15, 0.2) is 12.2 Å². The van der Waals surface area contributed by atoms with Gasteiger partial charge >= 0.3 is 5.97 Å². The maximum Gasteiger partial charge on any atom is 0.305 e. The average Bonchev–Trinajstić information content (AvgIpc) is 3.38. The van der Waals surface area contributed by atoms with Gasteiger partial charge in [0.05, 0.1) is 25.4 Å². The molecule has 0 aliphatic heterocycles. The summed E-state index contributed by atoms with van der Waals surface area (Å²) >= 11 is 0. The Morgan fingerprint density at radius 3 is 0.944 bits per heavy atom. The number of allylic oxidation sites excluding steroid dienone is 1. The van der Waals surface area contributed by atoms with Crippen molar-refractivity contribution in [3.8, 4) is 0 Å². The van der Waals surface area contributed by atoms with Gasteiger partial charge < -0.3 is 20.3 Å². The topological polar surface area (TPSA) is 95.9 Å². The molecule has 428 valence electrons. The molecule has 0 aromatic heterocycles. The quantitative estimate of drug-likeness (QED) is 0.0320. The number of hydrogen-bond acceptors (Lipinski definition) is 5. The van der Waals surface area contributed by atoms with Gasteiger partial charge in [-0.1, -0.05) is 341 Å². The molecule has 2 unspecified atom stereocenters. The van der Waals surface area contributed by atoms with Crippen LogP contribution in [0.25, 0.3) is 0 Å². The van der Waals surface area contributed by atoms with Crippen LogP contribution in [-0.4, -0.2) is 47.4 Å². The first-order valence-electron chi connectivity index (χ1n) is 33.0. The summed E-state index contributed by atoms with van der Waals surface area (Å²) in [7, 11) is 0. The second-order valence-electron chi connectivity index (χ2n) is 22.8. The van der Waals surface area contributed by atoms with E-state index in [-0.39, 0.29) is 18.5 Å². The van der Waals surface area contributed by atoms with E-state index in [0.29, 0.717) is 19.4 Å². The highest BCUT2D eigenvalue weighted by atomic mass is 16.5. The number of rotatable bonds is 62. The summed E-state index contributed by atoms with van der Waals surface area (Å²) in [4.78, 5) is 24.6. The van der Waals surface area contributed by atoms with E-state index in [0.717, 1.165) is 44.9 Å². The number of carbonyl (C=O) groups is 2. The molecule has 1 amide bonds. The maximum absolute atomic E-state index is 12.5. The largest absolute Gasteiger partial charge is 0.466 e. The normalized spacial score (nSPS) is 12.6. The second-order valence-corrected chi connectivity index (χ2v) is 22.8. The molecule has 6 heteroatoms. The minimum absolute atomic E-state index is 0.00683. The van der Waals surface area contributed by atoms with Gasteiger partial charge in [0.15, 0.2) is 0 Å². The Morgan fingerprint density at radius 1 is 0.375 bits per heavy atom. The molecule has 0 rings (SSSR count). The van der Waals surface area contributed by atoms with Gasteiger partial charge in [-0.25, -0.2) is 0 Å². The Kier molecular flexibility index (Phi) is 60.9. The highest BCUT2D eigenvalue weighted by Crippen LogP contribution is 2.19. The zero-order valence-corrected chi connectivity index (χ0v) is 48.9. The van der Waals surface area contributed by atoms with Gasteiger partial charge in [0.2, 0.25) is 5.91 Å². The van der Waals surface area contributed by atoms with Gasteiger partial charge in [0, 0.05) is 12.8 Å². The summed E-state index contributed by atoms with van der Waals surface area (Å²) in [5, 5.41) is 23.2. The predicted octanol–water partition coefficient (Wildman–Crippen LogP) is 20.8. The Balaban J connectivity index is 3.43. The first-order chi connectivity index (χ1) is 35.5. The Labute approximate surface area is 450 Å². The molecule has 0 saturated heterocycles. The lowest BCUT2D eigenvalue weighted by Gasteiger charge is -2.20. The molecule has 3 N–H and O–H groups in total. The van der Waals surface area contributed by atoms with Crippen LogP contribution in [0.3, 0.4) is 0 Å². The maximum atomic E-state index is 12.5. The Hall–Kier alpha value is -1.40. The van der Waals surface area contributed by atoms with Crippen molar-refractivity contribution in [1.82, 2.24) is 5.32 Å². The number of hydrogen-bond donors (Lipinski definition) is 3. The van der Waals surface area contributed by atoms with E-state index >= 15 is 0 Å². The summed E-state index contributed by atoms with van der Waals surface area (Å²) in [6.45, 7) is 4.93. The molecule has 0 aliphatic carbocycles. The fraction of sp³-hybridized carbons (Fsp3) is 0.939. The number of carbonyl (C=O) groups excluding carboxylic acids is 2. The van der Waals surface area contributed by atoms with Crippen molar-refractivity contribution in [2.75, 3.05) is 13.2 Å². The highest BCUT2D eigenvalue weighted by Gasteiger charge is 2.18. The molecular weight excluding hydrogens is 887 g/mol. The van der Waals surface area contributed by atoms with E-state index in [1.54, 1.807) is 6.08 Å². The van der Waals surface area contributed by atoms with Crippen molar-refractivity contribution < 1.29 is 24.5 Å². The molecular formula is C66H129NO5. The van der Waals surface area contributed by atoms with Crippen LogP contribution in [0.4, 0.5) is 0 Å². The van der Waals surface area contributed by atoms with Crippen LogP contribution in [-0.2, 0) is 14.3 Å². The number of ether oxygens (including phenoxy) is 1. The minimum Gasteiger partial charge on any atom is -0.466 e. The summed E-state index contributed by atoms with van der Waals surface area (Å²) < 4.78 is 5.49. The summed E-state index contributed by atoms with van der Waals surface area (Å²) in [6.07, 6.45) is 75.4. The van der Waals surface area contributed by atoms with E-state index in [4.69, 9.17) is 4.74 Å². The molecule has 0 radical (unpaired) electrons. The SMILES string of the molecule is CCCCCCCCCCCCCCCCCCCCCCC/C=C/C(O)C(CO)NC(=O)CCCCCCCCCCCCCCCCCCOC(=O)CCCCCCCCCCCCCCCCCC. The fourth-order valence-corrected chi connectivity index (χ4v) is 10.5. The Bertz CT molecular complexity index is 1080. The smallest absolute Gasteiger partial charge is 0.305 e. The molecule has 0 fully saturated rings. The molecule has 2 atom stereocenters. The molecule has 0 bridgehead atoms. The summed E-state index contributed by atoms with van der Waals surface area (Å²) in [5.74, 6) is -0.0633. The number of esters is 1. The van der Waals surface area contributed by atoms with Crippen molar-refractivity contribution in [3.05, 3.63) is 12.2 Å². The first kappa shape index (κ1) is 70.6. The lowest BCUT2D eigenvalue weighted by molar-refractivity contribution is -0.143. The lowest BCUT2D eigenvalue weighted by Crippen LogP contribution is -2.45. The molecule has 0 spiro atoms. The summed E-state index contributed by atoms with van der Waals surface area (Å²) in [5.41, 5.74) is 0. The van der Waals surface area contributed by atoms with Crippen LogP contribution in [0.1, 0.15) is 373 Å². The molecule has 6 nitrogen and oxygen atoms in total. The van der Waals surface area contributed by atoms with Crippen molar-refractivity contribution >= 4 is 11.9 Å². The molecule has 0 heterocycles. The molecule has 72 heavy (non-hydrogen) atoms. The fourth-order valence-electron chi connectivity index (χ4n) is 10.5. The molecule has 0 aliphatic rings. The Morgan fingerprint density at radius 2 is 0.639 bits per heavy atom. The van der Waals surface area contributed by atoms with E-state index in [1.807, 2.05) is 6.08 Å². The monoisotopic (exact) mass is 1020 g/mol. The van der Waals surface area contributed by atoms with Gasteiger partial charge in [0.25, 0.3) is 0 Å². The van der Waals surface area contributed by atoms with Crippen LogP contribution >= 0.6 is 0 Å². The minimum atomic E-state index is -0.850. The molecule has 0 aromatic carbocycles. The number of aliphatic hydroxyl groups is 2. The third-order valence-electron chi connectivity index (χ3n) is 15.6. The van der Waals surface area contributed by atoms with Gasteiger partial charge in [-0.2, -0.15) is 0 Å². The average molecular weight is 1020 g/mol. The van der Waals surface area contributed by atoms with Crippen molar-refractivity contribution in [2.24, 2.45) is 0 Å². The molecule has 0 saturated carbocycles. The van der Waals surface area contributed by atoms with Crippen LogP contribution < -0.4 is 5.32 Å². The van der Waals surface area contributed by atoms with E-state index in [9.17, 15) is 19.8 Å². The lowest BCUT2D eigenvalue weighted by atomic mass is 10.0. The van der Waals surface area contributed by atoms with E-state index in [1.165, 1.54) is 302 Å². The highest BCUT2D eigenvalue weighted by molar-refractivity contribution is 5.76. The van der Waals surface area contributed by atoms with Crippen LogP contribution in [0.2, 0.25) is 0 Å². The van der Waals surface area contributed by atoms with Crippen LogP contribution in [0.5, 0.6) is 0 Å².